The van der Waals surface area contributed by atoms with Gasteiger partial charge in [0.15, 0.2) is 0 Å². The van der Waals surface area contributed by atoms with Crippen molar-refractivity contribution in [3.63, 3.8) is 0 Å². The second kappa shape index (κ2) is 6.99. The van der Waals surface area contributed by atoms with Gasteiger partial charge < -0.3 is 10.4 Å². The molecule has 0 aliphatic rings. The molecule has 1 aromatic rings. The third kappa shape index (κ3) is 4.44. The van der Waals surface area contributed by atoms with E-state index in [9.17, 15) is 9.59 Å². The number of amides is 1. The predicted octanol–water partition coefficient (Wildman–Crippen LogP) is 2.48. The van der Waals surface area contributed by atoms with E-state index in [2.05, 4.69) is 11.9 Å². The van der Waals surface area contributed by atoms with Crippen LogP contribution < -0.4 is 5.32 Å². The molecule has 0 radical (unpaired) electrons. The maximum absolute atomic E-state index is 11.7. The van der Waals surface area contributed by atoms with Crippen LogP contribution in [0.1, 0.15) is 22.8 Å². The van der Waals surface area contributed by atoms with E-state index < -0.39 is 5.97 Å². The molecule has 0 fully saturated rings. The Morgan fingerprint density at radius 1 is 1.53 bits per heavy atom. The van der Waals surface area contributed by atoms with Crippen LogP contribution in [0.5, 0.6) is 0 Å². The molecule has 0 spiro atoms. The summed E-state index contributed by atoms with van der Waals surface area (Å²) in [6.07, 6.45) is 1.61. The van der Waals surface area contributed by atoms with Crippen molar-refractivity contribution >= 4 is 23.6 Å². The second-order valence-corrected chi connectivity index (χ2v) is 5.49. The van der Waals surface area contributed by atoms with Crippen LogP contribution >= 0.6 is 11.8 Å². The summed E-state index contributed by atoms with van der Waals surface area (Å²) < 4.78 is 0. The van der Waals surface area contributed by atoms with Gasteiger partial charge in [-0.2, -0.15) is 0 Å². The Hall–Kier alpha value is -1.75. The van der Waals surface area contributed by atoms with Crippen molar-refractivity contribution < 1.29 is 14.7 Å². The average Bonchev–Trinajstić information content (AvgIpc) is 2.37. The summed E-state index contributed by atoms with van der Waals surface area (Å²) in [6, 6.07) is 5.17. The standard InChI is InChI=1S/C14H17NO3S/c1-4-7-15-13(16)10(3)19-11-6-5-9(2)12(8-11)14(17)18/h4-6,8,10H,1,7H2,2-3H3,(H,15,16)(H,17,18). The van der Waals surface area contributed by atoms with E-state index in [4.69, 9.17) is 5.11 Å². The van der Waals surface area contributed by atoms with Gasteiger partial charge in [0.25, 0.3) is 0 Å². The van der Waals surface area contributed by atoms with Gasteiger partial charge in [-0.05, 0) is 31.5 Å². The first-order chi connectivity index (χ1) is 8.95. The Labute approximate surface area is 116 Å². The molecule has 0 saturated carbocycles. The lowest BCUT2D eigenvalue weighted by Crippen LogP contribution is -2.30. The van der Waals surface area contributed by atoms with Crippen LogP contribution in [-0.2, 0) is 4.79 Å². The number of hydrogen-bond acceptors (Lipinski definition) is 3. The highest BCUT2D eigenvalue weighted by molar-refractivity contribution is 8.00. The summed E-state index contributed by atoms with van der Waals surface area (Å²) in [5.41, 5.74) is 0.976. The minimum absolute atomic E-state index is 0.0950. The van der Waals surface area contributed by atoms with Gasteiger partial charge in [0.2, 0.25) is 5.91 Å². The number of carbonyl (C=O) groups excluding carboxylic acids is 1. The molecule has 1 atom stereocenters. The van der Waals surface area contributed by atoms with Crippen LogP contribution in [0.2, 0.25) is 0 Å². The molecule has 5 heteroatoms. The number of aromatic carboxylic acids is 1. The van der Waals surface area contributed by atoms with E-state index in [1.54, 1.807) is 32.1 Å². The molecule has 19 heavy (non-hydrogen) atoms. The quantitative estimate of drug-likeness (QED) is 0.620. The van der Waals surface area contributed by atoms with Crippen LogP contribution in [0, 0.1) is 6.92 Å². The molecule has 102 valence electrons. The van der Waals surface area contributed by atoms with E-state index in [-0.39, 0.29) is 16.7 Å². The minimum Gasteiger partial charge on any atom is -0.478 e. The fourth-order valence-electron chi connectivity index (χ4n) is 1.48. The molecular weight excluding hydrogens is 262 g/mol. The van der Waals surface area contributed by atoms with Crippen LogP contribution in [-0.4, -0.2) is 28.8 Å². The summed E-state index contributed by atoms with van der Waals surface area (Å²) in [5, 5.41) is 11.5. The first-order valence-electron chi connectivity index (χ1n) is 5.85. The number of carbonyl (C=O) groups is 2. The fourth-order valence-corrected chi connectivity index (χ4v) is 2.41. The molecule has 0 bridgehead atoms. The Morgan fingerprint density at radius 2 is 2.21 bits per heavy atom. The lowest BCUT2D eigenvalue weighted by molar-refractivity contribution is -0.120. The molecule has 1 unspecified atom stereocenters. The van der Waals surface area contributed by atoms with Gasteiger partial charge in [0, 0.05) is 11.4 Å². The largest absolute Gasteiger partial charge is 0.478 e. The Kier molecular flexibility index (Phi) is 5.63. The predicted molar refractivity (Wildman–Crippen MR) is 76.7 cm³/mol. The van der Waals surface area contributed by atoms with Crippen LogP contribution in [0.3, 0.4) is 0 Å². The maximum Gasteiger partial charge on any atom is 0.335 e. The first kappa shape index (κ1) is 15.3. The zero-order valence-corrected chi connectivity index (χ0v) is 11.8. The van der Waals surface area contributed by atoms with Crippen molar-refractivity contribution in [2.24, 2.45) is 0 Å². The van der Waals surface area contributed by atoms with Crippen molar-refractivity contribution in [3.8, 4) is 0 Å². The number of benzene rings is 1. The van der Waals surface area contributed by atoms with Crippen LogP contribution in [0.25, 0.3) is 0 Å². The third-order valence-corrected chi connectivity index (χ3v) is 3.64. The smallest absolute Gasteiger partial charge is 0.335 e. The van der Waals surface area contributed by atoms with Crippen molar-refractivity contribution in [3.05, 3.63) is 42.0 Å². The van der Waals surface area contributed by atoms with Gasteiger partial charge in [-0.1, -0.05) is 12.1 Å². The summed E-state index contributed by atoms with van der Waals surface area (Å²) >= 11 is 1.33. The molecule has 4 nitrogen and oxygen atoms in total. The zero-order chi connectivity index (χ0) is 14.4. The van der Waals surface area contributed by atoms with Crippen molar-refractivity contribution in [2.75, 3.05) is 6.54 Å². The van der Waals surface area contributed by atoms with E-state index in [1.807, 2.05) is 6.07 Å². The molecule has 0 saturated heterocycles. The summed E-state index contributed by atoms with van der Waals surface area (Å²) in [7, 11) is 0. The molecule has 0 heterocycles. The van der Waals surface area contributed by atoms with Gasteiger partial charge >= 0.3 is 5.97 Å². The lowest BCUT2D eigenvalue weighted by atomic mass is 10.1. The zero-order valence-electron chi connectivity index (χ0n) is 11.0. The monoisotopic (exact) mass is 279 g/mol. The normalized spacial score (nSPS) is 11.7. The van der Waals surface area contributed by atoms with Crippen molar-refractivity contribution in [2.45, 2.75) is 24.0 Å². The molecule has 1 aromatic carbocycles. The molecule has 1 amide bonds. The number of carboxylic acid groups (broad SMARTS) is 1. The SMILES string of the molecule is C=CCNC(=O)C(C)Sc1ccc(C)c(C(=O)O)c1. The lowest BCUT2D eigenvalue weighted by Gasteiger charge is -2.12. The first-order valence-corrected chi connectivity index (χ1v) is 6.73. The van der Waals surface area contributed by atoms with Crippen LogP contribution in [0.4, 0.5) is 0 Å². The molecule has 2 N–H and O–H groups in total. The highest BCUT2D eigenvalue weighted by Crippen LogP contribution is 2.25. The highest BCUT2D eigenvalue weighted by Gasteiger charge is 2.15. The number of hydrogen-bond donors (Lipinski definition) is 2. The number of thioether (sulfide) groups is 1. The van der Waals surface area contributed by atoms with Gasteiger partial charge in [0.1, 0.15) is 0 Å². The molecule has 0 aliphatic carbocycles. The van der Waals surface area contributed by atoms with E-state index >= 15 is 0 Å². The van der Waals surface area contributed by atoms with Crippen molar-refractivity contribution in [1.29, 1.82) is 0 Å². The maximum atomic E-state index is 11.7. The number of carboxylic acids is 1. The fraction of sp³-hybridized carbons (Fsp3) is 0.286. The summed E-state index contributed by atoms with van der Waals surface area (Å²) in [4.78, 5) is 23.5. The molecule has 0 aromatic heterocycles. The van der Waals surface area contributed by atoms with Crippen molar-refractivity contribution in [1.82, 2.24) is 5.32 Å². The Bertz CT molecular complexity index is 499. The summed E-state index contributed by atoms with van der Waals surface area (Å²) in [5.74, 6) is -1.05. The van der Waals surface area contributed by atoms with Crippen LogP contribution in [0.15, 0.2) is 35.7 Å². The topological polar surface area (TPSA) is 66.4 Å². The number of rotatable bonds is 6. The highest BCUT2D eigenvalue weighted by atomic mass is 32.2. The molecule has 0 aliphatic heterocycles. The van der Waals surface area contributed by atoms with E-state index in [1.165, 1.54) is 11.8 Å². The molecular formula is C14H17NO3S. The van der Waals surface area contributed by atoms with Gasteiger partial charge in [-0.25, -0.2) is 4.79 Å². The minimum atomic E-state index is -0.955. The molecule has 1 rings (SSSR count). The van der Waals surface area contributed by atoms with E-state index in [0.29, 0.717) is 12.1 Å². The number of aryl methyl sites for hydroxylation is 1. The van der Waals surface area contributed by atoms with Gasteiger partial charge in [-0.15, -0.1) is 18.3 Å². The Morgan fingerprint density at radius 3 is 2.79 bits per heavy atom. The third-order valence-electron chi connectivity index (χ3n) is 2.54. The van der Waals surface area contributed by atoms with Gasteiger partial charge in [0.05, 0.1) is 10.8 Å². The van der Waals surface area contributed by atoms with E-state index in [0.717, 1.165) is 4.90 Å². The average molecular weight is 279 g/mol. The number of nitrogens with one attached hydrogen (secondary N) is 1. The Balaban J connectivity index is 2.77. The summed E-state index contributed by atoms with van der Waals surface area (Å²) in [6.45, 7) is 7.49. The second-order valence-electron chi connectivity index (χ2n) is 4.08. The van der Waals surface area contributed by atoms with Gasteiger partial charge in [-0.3, -0.25) is 4.79 Å².